The molecule has 0 heterocycles. The van der Waals surface area contributed by atoms with Gasteiger partial charge < -0.3 is 21.1 Å². The van der Waals surface area contributed by atoms with E-state index in [1.54, 1.807) is 4.90 Å². The lowest BCUT2D eigenvalue weighted by atomic mass is 10.00. The fraction of sp³-hybridized carbons (Fsp3) is 0.667. The zero-order valence-electron chi connectivity index (χ0n) is 21.2. The third-order valence-electron chi connectivity index (χ3n) is 6.01. The Balaban J connectivity index is 2.62. The number of primary amides is 1. The van der Waals surface area contributed by atoms with Gasteiger partial charge in [0.2, 0.25) is 11.8 Å². The first-order chi connectivity index (χ1) is 16.4. The maximum Gasteiger partial charge on any atom is 0.306 e. The molecule has 1 aromatic rings. The van der Waals surface area contributed by atoms with Crippen LogP contribution in [0.15, 0.2) is 30.3 Å². The van der Waals surface area contributed by atoms with Crippen molar-refractivity contribution in [3.63, 3.8) is 0 Å². The average Bonchev–Trinajstić information content (AvgIpc) is 2.82. The minimum atomic E-state index is -0.713. The number of rotatable bonds is 19. The number of benzene rings is 1. The van der Waals surface area contributed by atoms with E-state index in [0.717, 1.165) is 56.9 Å². The van der Waals surface area contributed by atoms with Crippen molar-refractivity contribution in [3.8, 4) is 0 Å². The van der Waals surface area contributed by atoms with Gasteiger partial charge in [0.1, 0.15) is 6.61 Å². The first kappa shape index (κ1) is 29.6. The van der Waals surface area contributed by atoms with E-state index in [4.69, 9.17) is 16.2 Å². The smallest absolute Gasteiger partial charge is 0.306 e. The number of esters is 1. The second-order valence-electron chi connectivity index (χ2n) is 9.06. The normalized spacial score (nSPS) is 12.7. The number of ether oxygens (including phenoxy) is 1. The molecule has 4 N–H and O–H groups in total. The molecular weight excluding hydrogens is 430 g/mol. The Morgan fingerprint density at radius 2 is 1.59 bits per heavy atom. The SMILES string of the molecule is CCCCCC[C@@H](CC(N)=O)N(CCCCC)C(=O)[C@@H](N)CCCC(=O)OCc1ccccc1. The van der Waals surface area contributed by atoms with Gasteiger partial charge in [0.15, 0.2) is 0 Å². The molecule has 2 atom stereocenters. The van der Waals surface area contributed by atoms with Crippen LogP contribution in [0.1, 0.15) is 96.5 Å². The number of hydrogen-bond donors (Lipinski definition) is 2. The van der Waals surface area contributed by atoms with Crippen LogP contribution in [0.3, 0.4) is 0 Å². The van der Waals surface area contributed by atoms with Gasteiger partial charge in [-0.3, -0.25) is 14.4 Å². The van der Waals surface area contributed by atoms with E-state index < -0.39 is 11.9 Å². The Kier molecular flexibility index (Phi) is 15.7. The number of nitrogens with zero attached hydrogens (tertiary/aromatic N) is 1. The van der Waals surface area contributed by atoms with E-state index in [1.165, 1.54) is 0 Å². The monoisotopic (exact) mass is 475 g/mol. The molecule has 192 valence electrons. The van der Waals surface area contributed by atoms with Crippen LogP contribution in [0.4, 0.5) is 0 Å². The fourth-order valence-corrected chi connectivity index (χ4v) is 4.02. The highest BCUT2D eigenvalue weighted by Crippen LogP contribution is 2.18. The lowest BCUT2D eigenvalue weighted by molar-refractivity contribution is -0.145. The molecule has 0 aromatic heterocycles. The minimum Gasteiger partial charge on any atom is -0.461 e. The van der Waals surface area contributed by atoms with Crippen LogP contribution in [-0.2, 0) is 25.7 Å². The predicted octanol–water partition coefficient (Wildman–Crippen LogP) is 4.46. The molecule has 0 radical (unpaired) electrons. The van der Waals surface area contributed by atoms with E-state index in [2.05, 4.69) is 13.8 Å². The zero-order valence-corrected chi connectivity index (χ0v) is 21.2. The Hall–Kier alpha value is -2.41. The van der Waals surface area contributed by atoms with Gasteiger partial charge in [0.25, 0.3) is 0 Å². The van der Waals surface area contributed by atoms with Crippen molar-refractivity contribution in [2.45, 2.75) is 110 Å². The molecule has 0 aliphatic rings. The van der Waals surface area contributed by atoms with E-state index in [1.807, 2.05) is 30.3 Å². The summed E-state index contributed by atoms with van der Waals surface area (Å²) in [6, 6.07) is 8.58. The topological polar surface area (TPSA) is 116 Å². The highest BCUT2D eigenvalue weighted by Gasteiger charge is 2.28. The third kappa shape index (κ3) is 12.7. The van der Waals surface area contributed by atoms with Gasteiger partial charge in [-0.15, -0.1) is 0 Å². The Labute approximate surface area is 205 Å². The summed E-state index contributed by atoms with van der Waals surface area (Å²) >= 11 is 0. The molecule has 7 heteroatoms. The molecule has 0 aliphatic heterocycles. The molecule has 0 bridgehead atoms. The van der Waals surface area contributed by atoms with Crippen LogP contribution in [0.5, 0.6) is 0 Å². The largest absolute Gasteiger partial charge is 0.461 e. The molecule has 0 saturated heterocycles. The second-order valence-corrected chi connectivity index (χ2v) is 9.06. The van der Waals surface area contributed by atoms with Crippen molar-refractivity contribution in [1.82, 2.24) is 4.90 Å². The minimum absolute atomic E-state index is 0.155. The molecule has 0 saturated carbocycles. The van der Waals surface area contributed by atoms with Crippen molar-refractivity contribution < 1.29 is 19.1 Å². The van der Waals surface area contributed by atoms with Crippen LogP contribution in [0.2, 0.25) is 0 Å². The van der Waals surface area contributed by atoms with Gasteiger partial charge in [-0.25, -0.2) is 0 Å². The van der Waals surface area contributed by atoms with E-state index in [9.17, 15) is 14.4 Å². The first-order valence-electron chi connectivity index (χ1n) is 12.9. The Morgan fingerprint density at radius 1 is 0.912 bits per heavy atom. The van der Waals surface area contributed by atoms with Crippen molar-refractivity contribution in [3.05, 3.63) is 35.9 Å². The van der Waals surface area contributed by atoms with Gasteiger partial charge >= 0.3 is 5.97 Å². The summed E-state index contributed by atoms with van der Waals surface area (Å²) in [5, 5.41) is 0. The molecule has 0 fully saturated rings. The number of nitrogens with two attached hydrogens (primary N) is 2. The fourth-order valence-electron chi connectivity index (χ4n) is 4.02. The standard InChI is InChI=1S/C27H45N3O4/c1-3-5-7-11-16-23(20-25(29)31)30(19-12-6-4-2)27(33)24(28)17-13-18-26(32)34-21-22-14-9-8-10-15-22/h8-10,14-15,23-24H,3-7,11-13,16-21,28H2,1-2H3,(H2,29,31)/t23-,24-/m0/s1. The predicted molar refractivity (Wildman–Crippen MR) is 136 cm³/mol. The van der Waals surface area contributed by atoms with Gasteiger partial charge in [0.05, 0.1) is 6.04 Å². The zero-order chi connectivity index (χ0) is 25.2. The van der Waals surface area contributed by atoms with Crippen LogP contribution in [-0.4, -0.2) is 41.3 Å². The van der Waals surface area contributed by atoms with E-state index in [0.29, 0.717) is 19.4 Å². The van der Waals surface area contributed by atoms with Crippen LogP contribution in [0, 0.1) is 0 Å². The summed E-state index contributed by atoms with van der Waals surface area (Å²) in [5.41, 5.74) is 12.7. The third-order valence-corrected chi connectivity index (χ3v) is 6.01. The first-order valence-corrected chi connectivity index (χ1v) is 12.9. The second kappa shape index (κ2) is 18.0. The number of carbonyl (C=O) groups is 3. The summed E-state index contributed by atoms with van der Waals surface area (Å²) in [6.07, 6.45) is 9.17. The van der Waals surface area contributed by atoms with Crippen molar-refractivity contribution in [1.29, 1.82) is 0 Å². The Morgan fingerprint density at radius 3 is 2.24 bits per heavy atom. The highest BCUT2D eigenvalue weighted by atomic mass is 16.5. The maximum absolute atomic E-state index is 13.3. The van der Waals surface area contributed by atoms with Gasteiger partial charge in [0, 0.05) is 25.4 Å². The quantitative estimate of drug-likeness (QED) is 0.226. The molecule has 0 unspecified atom stereocenters. The van der Waals surface area contributed by atoms with Gasteiger partial charge in [-0.1, -0.05) is 82.7 Å². The van der Waals surface area contributed by atoms with Crippen LogP contribution < -0.4 is 11.5 Å². The number of amides is 2. The summed E-state index contributed by atoms with van der Waals surface area (Å²) in [4.78, 5) is 38.9. The van der Waals surface area contributed by atoms with E-state index >= 15 is 0 Å². The number of carbonyl (C=O) groups excluding carboxylic acids is 3. The summed E-state index contributed by atoms with van der Waals surface area (Å²) < 4.78 is 5.30. The van der Waals surface area contributed by atoms with Gasteiger partial charge in [-0.05, 0) is 31.2 Å². The van der Waals surface area contributed by atoms with Crippen molar-refractivity contribution >= 4 is 17.8 Å². The lowest BCUT2D eigenvalue weighted by Gasteiger charge is -2.33. The number of unbranched alkanes of at least 4 members (excludes halogenated alkanes) is 5. The van der Waals surface area contributed by atoms with Gasteiger partial charge in [-0.2, -0.15) is 0 Å². The van der Waals surface area contributed by atoms with Crippen molar-refractivity contribution in [2.24, 2.45) is 11.5 Å². The molecule has 2 amide bonds. The summed E-state index contributed by atoms with van der Waals surface area (Å²) in [5.74, 6) is -0.857. The number of hydrogen-bond acceptors (Lipinski definition) is 5. The molecule has 1 aromatic carbocycles. The molecule has 34 heavy (non-hydrogen) atoms. The summed E-state index contributed by atoms with van der Waals surface area (Å²) in [6.45, 7) is 5.08. The summed E-state index contributed by atoms with van der Waals surface area (Å²) in [7, 11) is 0. The molecular formula is C27H45N3O4. The van der Waals surface area contributed by atoms with E-state index in [-0.39, 0.29) is 37.4 Å². The maximum atomic E-state index is 13.3. The molecule has 0 spiro atoms. The van der Waals surface area contributed by atoms with Crippen LogP contribution >= 0.6 is 0 Å². The molecule has 1 rings (SSSR count). The van der Waals surface area contributed by atoms with Crippen LogP contribution in [0.25, 0.3) is 0 Å². The Bertz CT molecular complexity index is 711. The van der Waals surface area contributed by atoms with Crippen molar-refractivity contribution in [2.75, 3.05) is 6.54 Å². The lowest BCUT2D eigenvalue weighted by Crippen LogP contribution is -2.50. The highest BCUT2D eigenvalue weighted by molar-refractivity contribution is 5.83. The molecule has 7 nitrogen and oxygen atoms in total. The average molecular weight is 476 g/mol. The molecule has 0 aliphatic carbocycles.